The number of hydrogen-bond acceptors (Lipinski definition) is 3. The number of nitrogens with one attached hydrogen (secondary N) is 1. The summed E-state index contributed by atoms with van der Waals surface area (Å²) < 4.78 is 0. The lowest BCUT2D eigenvalue weighted by Crippen LogP contribution is -2.12. The number of thiazole rings is 1. The molecule has 2 aromatic rings. The minimum Gasteiger partial charge on any atom is -0.306 e. The van der Waals surface area contributed by atoms with Crippen LogP contribution >= 0.6 is 34.5 Å². The Labute approximate surface area is 115 Å². The highest BCUT2D eigenvalue weighted by molar-refractivity contribution is 7.11. The summed E-state index contributed by atoms with van der Waals surface area (Å²) in [4.78, 5) is 5.52. The summed E-state index contributed by atoms with van der Waals surface area (Å²) in [5, 5.41) is 5.61. The van der Waals surface area contributed by atoms with E-state index < -0.39 is 0 Å². The zero-order chi connectivity index (χ0) is 12.3. The predicted molar refractivity (Wildman–Crippen MR) is 73.9 cm³/mol. The maximum atomic E-state index is 5.94. The number of rotatable bonds is 4. The molecule has 5 heteroatoms. The van der Waals surface area contributed by atoms with Gasteiger partial charge >= 0.3 is 0 Å². The molecule has 1 heterocycles. The van der Waals surface area contributed by atoms with Gasteiger partial charge in [0.15, 0.2) is 0 Å². The smallest absolute Gasteiger partial charge is 0.107 e. The predicted octanol–water partition coefficient (Wildman–Crippen LogP) is 4.05. The van der Waals surface area contributed by atoms with Gasteiger partial charge in [0.25, 0.3) is 0 Å². The van der Waals surface area contributed by atoms with E-state index in [9.17, 15) is 0 Å². The van der Waals surface area contributed by atoms with Crippen molar-refractivity contribution in [2.24, 2.45) is 0 Å². The molecular formula is C12H12Cl2N2S. The Hall–Kier alpha value is -0.610. The van der Waals surface area contributed by atoms with Crippen molar-refractivity contribution in [3.63, 3.8) is 0 Å². The summed E-state index contributed by atoms with van der Waals surface area (Å²) in [5.41, 5.74) is 1.12. The third-order valence-corrected chi connectivity index (χ3v) is 3.91. The highest BCUT2D eigenvalue weighted by atomic mass is 35.5. The van der Waals surface area contributed by atoms with Gasteiger partial charge in [-0.15, -0.1) is 11.3 Å². The minimum absolute atomic E-state index is 0.589. The highest BCUT2D eigenvalue weighted by Crippen LogP contribution is 2.22. The van der Waals surface area contributed by atoms with Gasteiger partial charge in [-0.3, -0.25) is 0 Å². The maximum absolute atomic E-state index is 5.94. The fourth-order valence-corrected chi connectivity index (χ4v) is 2.52. The van der Waals surface area contributed by atoms with E-state index >= 15 is 0 Å². The third kappa shape index (κ3) is 3.68. The van der Waals surface area contributed by atoms with Crippen LogP contribution < -0.4 is 5.32 Å². The standard InChI is InChI=1S/C12H12Cl2N2S/c1-8-5-16-12(17-8)7-15-6-9-2-3-10(13)11(14)4-9/h2-5,15H,6-7H2,1H3. The van der Waals surface area contributed by atoms with Crippen LogP contribution in [-0.2, 0) is 13.1 Å². The quantitative estimate of drug-likeness (QED) is 0.917. The molecule has 17 heavy (non-hydrogen) atoms. The molecule has 0 radical (unpaired) electrons. The first-order valence-electron chi connectivity index (χ1n) is 5.21. The molecule has 2 rings (SSSR count). The monoisotopic (exact) mass is 286 g/mol. The molecular weight excluding hydrogens is 275 g/mol. The average Bonchev–Trinajstić information content (AvgIpc) is 2.70. The second kappa shape index (κ2) is 5.83. The number of halogens is 2. The summed E-state index contributed by atoms with van der Waals surface area (Å²) in [5.74, 6) is 0. The zero-order valence-electron chi connectivity index (χ0n) is 9.34. The van der Waals surface area contributed by atoms with Crippen molar-refractivity contribution in [1.29, 1.82) is 0 Å². The van der Waals surface area contributed by atoms with E-state index in [2.05, 4.69) is 17.2 Å². The Morgan fingerprint density at radius 2 is 2.06 bits per heavy atom. The van der Waals surface area contributed by atoms with Crippen LogP contribution in [0.3, 0.4) is 0 Å². The van der Waals surface area contributed by atoms with Crippen LogP contribution in [0.5, 0.6) is 0 Å². The first kappa shape index (κ1) is 12.8. The fourth-order valence-electron chi connectivity index (χ4n) is 1.45. The first-order chi connectivity index (χ1) is 8.15. The number of aromatic nitrogens is 1. The number of nitrogens with zero attached hydrogens (tertiary/aromatic N) is 1. The summed E-state index contributed by atoms with van der Waals surface area (Å²) >= 11 is 13.5. The Morgan fingerprint density at radius 3 is 2.71 bits per heavy atom. The van der Waals surface area contributed by atoms with Crippen molar-refractivity contribution in [3.8, 4) is 0 Å². The average molecular weight is 287 g/mol. The van der Waals surface area contributed by atoms with Gasteiger partial charge in [-0.05, 0) is 24.6 Å². The van der Waals surface area contributed by atoms with Gasteiger partial charge in [-0.1, -0.05) is 29.3 Å². The molecule has 1 N–H and O–H groups in total. The Bertz CT molecular complexity index is 511. The summed E-state index contributed by atoms with van der Waals surface area (Å²) in [6.07, 6.45) is 1.89. The van der Waals surface area contributed by atoms with Crippen molar-refractivity contribution < 1.29 is 0 Å². The lowest BCUT2D eigenvalue weighted by Gasteiger charge is -2.04. The van der Waals surface area contributed by atoms with Gasteiger partial charge in [0.1, 0.15) is 5.01 Å². The zero-order valence-corrected chi connectivity index (χ0v) is 11.7. The number of benzene rings is 1. The van der Waals surface area contributed by atoms with E-state index in [1.165, 1.54) is 4.88 Å². The molecule has 0 bridgehead atoms. The normalized spacial score (nSPS) is 10.8. The number of hydrogen-bond donors (Lipinski definition) is 1. The fraction of sp³-hybridized carbons (Fsp3) is 0.250. The SMILES string of the molecule is Cc1cnc(CNCc2ccc(Cl)c(Cl)c2)s1. The van der Waals surface area contributed by atoms with Crippen LogP contribution in [-0.4, -0.2) is 4.98 Å². The topological polar surface area (TPSA) is 24.9 Å². The van der Waals surface area contributed by atoms with E-state index in [1.54, 1.807) is 11.3 Å². The molecule has 0 spiro atoms. The van der Waals surface area contributed by atoms with Crippen LogP contribution in [0, 0.1) is 6.92 Å². The minimum atomic E-state index is 0.589. The molecule has 0 saturated carbocycles. The van der Waals surface area contributed by atoms with Crippen LogP contribution in [0.4, 0.5) is 0 Å². The van der Waals surface area contributed by atoms with Gasteiger partial charge < -0.3 is 5.32 Å². The van der Waals surface area contributed by atoms with Crippen molar-refractivity contribution in [2.45, 2.75) is 20.0 Å². The molecule has 0 unspecified atom stereocenters. The van der Waals surface area contributed by atoms with Crippen molar-refractivity contribution in [2.75, 3.05) is 0 Å². The van der Waals surface area contributed by atoms with E-state index in [4.69, 9.17) is 23.2 Å². The molecule has 0 amide bonds. The van der Waals surface area contributed by atoms with E-state index in [-0.39, 0.29) is 0 Å². The van der Waals surface area contributed by atoms with Crippen LogP contribution in [0.25, 0.3) is 0 Å². The van der Waals surface area contributed by atoms with Crippen LogP contribution in [0.1, 0.15) is 15.4 Å². The Kier molecular flexibility index (Phi) is 4.40. The molecule has 1 aromatic heterocycles. The first-order valence-corrected chi connectivity index (χ1v) is 6.78. The maximum Gasteiger partial charge on any atom is 0.107 e. The summed E-state index contributed by atoms with van der Waals surface area (Å²) in [6.45, 7) is 3.59. The van der Waals surface area contributed by atoms with E-state index in [0.29, 0.717) is 10.0 Å². The Balaban J connectivity index is 1.87. The molecule has 0 saturated heterocycles. The third-order valence-electron chi connectivity index (χ3n) is 2.26. The molecule has 0 aliphatic carbocycles. The van der Waals surface area contributed by atoms with E-state index in [1.807, 2.05) is 24.4 Å². The lowest BCUT2D eigenvalue weighted by atomic mass is 10.2. The molecule has 0 atom stereocenters. The molecule has 0 aliphatic rings. The summed E-state index contributed by atoms with van der Waals surface area (Å²) in [7, 11) is 0. The van der Waals surface area contributed by atoms with Crippen LogP contribution in [0.15, 0.2) is 24.4 Å². The molecule has 0 fully saturated rings. The molecule has 1 aromatic carbocycles. The van der Waals surface area contributed by atoms with Gasteiger partial charge in [0.2, 0.25) is 0 Å². The highest BCUT2D eigenvalue weighted by Gasteiger charge is 2.01. The summed E-state index contributed by atoms with van der Waals surface area (Å²) in [6, 6.07) is 5.66. The number of aryl methyl sites for hydroxylation is 1. The van der Waals surface area contributed by atoms with Gasteiger partial charge in [-0.2, -0.15) is 0 Å². The van der Waals surface area contributed by atoms with Crippen LogP contribution in [0.2, 0.25) is 10.0 Å². The second-order valence-electron chi connectivity index (χ2n) is 3.72. The van der Waals surface area contributed by atoms with Crippen molar-refractivity contribution >= 4 is 34.5 Å². The Morgan fingerprint density at radius 1 is 1.24 bits per heavy atom. The van der Waals surface area contributed by atoms with Gasteiger partial charge in [-0.25, -0.2) is 4.98 Å². The van der Waals surface area contributed by atoms with Crippen molar-refractivity contribution in [3.05, 3.63) is 49.9 Å². The van der Waals surface area contributed by atoms with Crippen molar-refractivity contribution in [1.82, 2.24) is 10.3 Å². The van der Waals surface area contributed by atoms with Gasteiger partial charge in [0.05, 0.1) is 10.0 Å². The molecule has 90 valence electrons. The largest absolute Gasteiger partial charge is 0.306 e. The lowest BCUT2D eigenvalue weighted by molar-refractivity contribution is 0.690. The van der Waals surface area contributed by atoms with E-state index in [0.717, 1.165) is 23.7 Å². The van der Waals surface area contributed by atoms with Gasteiger partial charge in [0, 0.05) is 24.2 Å². The molecule has 0 aliphatic heterocycles. The second-order valence-corrected chi connectivity index (χ2v) is 5.85. The molecule has 2 nitrogen and oxygen atoms in total.